The van der Waals surface area contributed by atoms with Crippen LogP contribution in [0.5, 0.6) is 0 Å². The molecule has 0 radical (unpaired) electrons. The minimum Gasteiger partial charge on any atom is -0.460 e. The van der Waals surface area contributed by atoms with Crippen LogP contribution in [-0.4, -0.2) is 41.8 Å². The first-order valence-electron chi connectivity index (χ1n) is 9.84. The smallest absolute Gasteiger partial charge is 0.374 e. The van der Waals surface area contributed by atoms with Gasteiger partial charge in [-0.1, -0.05) is 30.4 Å². The maximum absolute atomic E-state index is 12.5. The standard InChI is InChI=1S/C22H21NO7/c1-2-28-22(27)19-16(13-7-5-6-10-17(13)30-19)12-29-18(24)11-23-20(25)14-8-3-4-9-15(14)21(23)26/h3-7,10,14-15H,2,8-9,11-12H2,1H3/t14-,15+. The number of carbonyl (C=O) groups is 4. The molecule has 0 bridgehead atoms. The second kappa shape index (κ2) is 8.14. The third-order valence-electron chi connectivity index (χ3n) is 5.42. The molecule has 2 aliphatic rings. The van der Waals surface area contributed by atoms with E-state index in [0.717, 1.165) is 4.90 Å². The quantitative estimate of drug-likeness (QED) is 0.409. The average molecular weight is 411 g/mol. The molecule has 2 heterocycles. The third-order valence-corrected chi connectivity index (χ3v) is 5.42. The number of carbonyl (C=O) groups excluding carboxylic acids is 4. The normalized spacial score (nSPS) is 20.5. The number of furan rings is 1. The van der Waals surface area contributed by atoms with Gasteiger partial charge in [-0.3, -0.25) is 19.3 Å². The largest absolute Gasteiger partial charge is 0.460 e. The summed E-state index contributed by atoms with van der Waals surface area (Å²) in [6, 6.07) is 6.97. The van der Waals surface area contributed by atoms with Gasteiger partial charge in [-0.2, -0.15) is 0 Å². The molecule has 0 spiro atoms. The van der Waals surface area contributed by atoms with Gasteiger partial charge in [0.05, 0.1) is 24.0 Å². The van der Waals surface area contributed by atoms with Gasteiger partial charge < -0.3 is 13.9 Å². The van der Waals surface area contributed by atoms with E-state index in [-0.39, 0.29) is 30.8 Å². The molecule has 1 aliphatic heterocycles. The molecule has 2 aromatic rings. The van der Waals surface area contributed by atoms with E-state index in [4.69, 9.17) is 13.9 Å². The fourth-order valence-corrected chi connectivity index (χ4v) is 3.96. The van der Waals surface area contributed by atoms with E-state index in [1.54, 1.807) is 31.2 Å². The number of hydrogen-bond donors (Lipinski definition) is 0. The number of hydrogen-bond acceptors (Lipinski definition) is 7. The van der Waals surface area contributed by atoms with Crippen molar-refractivity contribution in [2.45, 2.75) is 26.4 Å². The number of amides is 2. The summed E-state index contributed by atoms with van der Waals surface area (Å²) in [5, 5.41) is 0.624. The minimum atomic E-state index is -0.733. The van der Waals surface area contributed by atoms with Crippen LogP contribution in [-0.2, 0) is 30.5 Å². The zero-order valence-electron chi connectivity index (χ0n) is 16.5. The van der Waals surface area contributed by atoms with Crippen molar-refractivity contribution in [3.8, 4) is 0 Å². The predicted octanol–water partition coefficient (Wildman–Crippen LogP) is 2.60. The molecular weight excluding hydrogens is 390 g/mol. The van der Waals surface area contributed by atoms with Crippen molar-refractivity contribution in [1.82, 2.24) is 4.90 Å². The number of ether oxygens (including phenoxy) is 2. The molecular formula is C22H21NO7. The van der Waals surface area contributed by atoms with Gasteiger partial charge in [-0.25, -0.2) is 4.79 Å². The van der Waals surface area contributed by atoms with E-state index in [2.05, 4.69) is 0 Å². The SMILES string of the molecule is CCOC(=O)c1oc2ccccc2c1COC(=O)CN1C(=O)[C@H]2CC=CC[C@H]2C1=O. The molecule has 1 fully saturated rings. The lowest BCUT2D eigenvalue weighted by atomic mass is 9.85. The van der Waals surface area contributed by atoms with Crippen LogP contribution in [0.2, 0.25) is 0 Å². The van der Waals surface area contributed by atoms with Crippen LogP contribution in [0.4, 0.5) is 0 Å². The highest BCUT2D eigenvalue weighted by atomic mass is 16.5. The second-order valence-electron chi connectivity index (χ2n) is 7.21. The molecule has 1 saturated heterocycles. The molecule has 0 N–H and O–H groups in total. The molecule has 2 amide bonds. The Morgan fingerprint density at radius 2 is 1.73 bits per heavy atom. The summed E-state index contributed by atoms with van der Waals surface area (Å²) in [4.78, 5) is 50.6. The van der Waals surface area contributed by atoms with Crippen molar-refractivity contribution >= 4 is 34.7 Å². The first-order valence-corrected chi connectivity index (χ1v) is 9.84. The molecule has 4 rings (SSSR count). The molecule has 0 saturated carbocycles. The fourth-order valence-electron chi connectivity index (χ4n) is 3.96. The highest BCUT2D eigenvalue weighted by molar-refractivity contribution is 6.07. The summed E-state index contributed by atoms with van der Waals surface area (Å²) >= 11 is 0. The molecule has 1 aliphatic carbocycles. The summed E-state index contributed by atoms with van der Waals surface area (Å²) in [7, 11) is 0. The molecule has 30 heavy (non-hydrogen) atoms. The lowest BCUT2D eigenvalue weighted by molar-refractivity contribution is -0.153. The Balaban J connectivity index is 1.47. The van der Waals surface area contributed by atoms with E-state index in [1.165, 1.54) is 0 Å². The Labute approximate surface area is 172 Å². The van der Waals surface area contributed by atoms with E-state index >= 15 is 0 Å². The summed E-state index contributed by atoms with van der Waals surface area (Å²) in [5.74, 6) is -2.90. The van der Waals surface area contributed by atoms with Crippen molar-refractivity contribution in [2.24, 2.45) is 11.8 Å². The van der Waals surface area contributed by atoms with Crippen LogP contribution in [0.1, 0.15) is 35.9 Å². The van der Waals surface area contributed by atoms with Gasteiger partial charge in [-0.15, -0.1) is 0 Å². The van der Waals surface area contributed by atoms with Crippen molar-refractivity contribution in [1.29, 1.82) is 0 Å². The number of nitrogens with zero attached hydrogens (tertiary/aromatic N) is 1. The summed E-state index contributed by atoms with van der Waals surface area (Å²) in [6.07, 6.45) is 4.78. The number of imide groups is 1. The first kappa shape index (κ1) is 19.9. The molecule has 1 aromatic heterocycles. The number of allylic oxidation sites excluding steroid dienone is 2. The van der Waals surface area contributed by atoms with Crippen molar-refractivity contribution in [2.75, 3.05) is 13.2 Å². The monoisotopic (exact) mass is 411 g/mol. The maximum atomic E-state index is 12.5. The van der Waals surface area contributed by atoms with E-state index in [1.807, 2.05) is 12.2 Å². The number of benzene rings is 1. The molecule has 8 nitrogen and oxygen atoms in total. The van der Waals surface area contributed by atoms with Gasteiger partial charge in [0.2, 0.25) is 17.6 Å². The average Bonchev–Trinajstić information content (AvgIpc) is 3.24. The van der Waals surface area contributed by atoms with E-state index in [9.17, 15) is 19.2 Å². The number of esters is 2. The van der Waals surface area contributed by atoms with Gasteiger partial charge in [0, 0.05) is 5.39 Å². The third kappa shape index (κ3) is 3.49. The van der Waals surface area contributed by atoms with Crippen molar-refractivity contribution in [3.05, 3.63) is 47.7 Å². The number of rotatable bonds is 6. The zero-order chi connectivity index (χ0) is 21.3. The van der Waals surface area contributed by atoms with E-state index in [0.29, 0.717) is 29.4 Å². The van der Waals surface area contributed by atoms with Crippen LogP contribution < -0.4 is 0 Å². The Bertz CT molecular complexity index is 1020. The predicted molar refractivity (Wildman–Crippen MR) is 104 cm³/mol. The summed E-state index contributed by atoms with van der Waals surface area (Å²) in [5.41, 5.74) is 0.849. The molecule has 2 atom stereocenters. The Morgan fingerprint density at radius 3 is 2.40 bits per heavy atom. The number of para-hydroxylation sites is 1. The van der Waals surface area contributed by atoms with Gasteiger partial charge in [0.15, 0.2) is 0 Å². The molecule has 156 valence electrons. The minimum absolute atomic E-state index is 0.0312. The molecule has 8 heteroatoms. The van der Waals surface area contributed by atoms with Crippen molar-refractivity contribution < 1.29 is 33.1 Å². The maximum Gasteiger partial charge on any atom is 0.374 e. The van der Waals surface area contributed by atoms with Crippen LogP contribution in [0, 0.1) is 11.8 Å². The summed E-state index contributed by atoms with van der Waals surface area (Å²) < 4.78 is 15.9. The number of fused-ring (bicyclic) bond motifs is 2. The first-order chi connectivity index (χ1) is 14.5. The zero-order valence-corrected chi connectivity index (χ0v) is 16.5. The highest BCUT2D eigenvalue weighted by Gasteiger charge is 2.47. The Kier molecular flexibility index (Phi) is 5.39. The number of likely N-dealkylation sites (tertiary alicyclic amines) is 1. The van der Waals surface area contributed by atoms with Crippen LogP contribution >= 0.6 is 0 Å². The van der Waals surface area contributed by atoms with Gasteiger partial charge >= 0.3 is 11.9 Å². The highest BCUT2D eigenvalue weighted by Crippen LogP contribution is 2.35. The van der Waals surface area contributed by atoms with Crippen molar-refractivity contribution in [3.63, 3.8) is 0 Å². The van der Waals surface area contributed by atoms with Gasteiger partial charge in [-0.05, 0) is 25.8 Å². The van der Waals surface area contributed by atoms with Crippen LogP contribution in [0.25, 0.3) is 11.0 Å². The second-order valence-corrected chi connectivity index (χ2v) is 7.21. The van der Waals surface area contributed by atoms with Crippen LogP contribution in [0.3, 0.4) is 0 Å². The lowest BCUT2D eigenvalue weighted by Crippen LogP contribution is -2.36. The van der Waals surface area contributed by atoms with Crippen LogP contribution in [0.15, 0.2) is 40.8 Å². The topological polar surface area (TPSA) is 103 Å². The Morgan fingerprint density at radius 1 is 1.07 bits per heavy atom. The van der Waals surface area contributed by atoms with Gasteiger partial charge in [0.25, 0.3) is 0 Å². The fraction of sp³-hybridized carbons (Fsp3) is 0.364. The van der Waals surface area contributed by atoms with E-state index < -0.39 is 30.3 Å². The molecule has 1 aromatic carbocycles. The Hall–Kier alpha value is -3.42. The van der Waals surface area contributed by atoms with Gasteiger partial charge in [0.1, 0.15) is 18.7 Å². The molecule has 0 unspecified atom stereocenters. The lowest BCUT2D eigenvalue weighted by Gasteiger charge is -2.14. The summed E-state index contributed by atoms with van der Waals surface area (Å²) in [6.45, 7) is 1.16.